The van der Waals surface area contributed by atoms with Crippen molar-refractivity contribution in [2.45, 2.75) is 25.8 Å². The minimum Gasteiger partial charge on any atom is -0.352 e. The van der Waals surface area contributed by atoms with Gasteiger partial charge >= 0.3 is 11.1 Å². The SMILES string of the molecule is O=C(NCCC1CCN(Cc2ccccc2)CC1)c1ccc2[nH]c(=O)c(=O)[nH]c2c1. The number of likely N-dealkylation sites (tertiary alicyclic amines) is 1. The summed E-state index contributed by atoms with van der Waals surface area (Å²) >= 11 is 0. The summed E-state index contributed by atoms with van der Waals surface area (Å²) in [5.41, 5.74) is 1.33. The summed E-state index contributed by atoms with van der Waals surface area (Å²) in [6, 6.07) is 15.4. The fraction of sp³-hybridized carbons (Fsp3) is 0.348. The quantitative estimate of drug-likeness (QED) is 0.547. The molecule has 0 aliphatic carbocycles. The predicted octanol–water partition coefficient (Wildman–Crippen LogP) is 2.25. The van der Waals surface area contributed by atoms with Gasteiger partial charge in [0.2, 0.25) is 0 Å². The van der Waals surface area contributed by atoms with Crippen molar-refractivity contribution < 1.29 is 4.79 Å². The van der Waals surface area contributed by atoms with Crippen LogP contribution in [0.4, 0.5) is 0 Å². The van der Waals surface area contributed by atoms with Crippen LogP contribution in [-0.2, 0) is 6.54 Å². The number of nitrogens with zero attached hydrogens (tertiary/aromatic N) is 1. The third-order valence-corrected chi connectivity index (χ3v) is 5.78. The molecule has 0 unspecified atom stereocenters. The van der Waals surface area contributed by atoms with E-state index in [2.05, 4.69) is 44.5 Å². The molecule has 1 aliphatic rings. The predicted molar refractivity (Wildman–Crippen MR) is 117 cm³/mol. The van der Waals surface area contributed by atoms with Gasteiger partial charge < -0.3 is 15.3 Å². The van der Waals surface area contributed by atoms with Crippen molar-refractivity contribution in [1.82, 2.24) is 20.2 Å². The molecule has 0 spiro atoms. The minimum absolute atomic E-state index is 0.175. The molecule has 1 aromatic heterocycles. The van der Waals surface area contributed by atoms with Crippen LogP contribution in [0, 0.1) is 5.92 Å². The van der Waals surface area contributed by atoms with Gasteiger partial charge in [-0.1, -0.05) is 30.3 Å². The molecule has 1 amide bonds. The standard InChI is InChI=1S/C23H26N4O3/c28-21(18-6-7-19-20(14-18)26-23(30)22(29)25-19)24-11-8-16-9-12-27(13-10-16)15-17-4-2-1-3-5-17/h1-7,14,16H,8-13,15H2,(H,24,28)(H,25,29)(H,26,30). The Kier molecular flexibility index (Phi) is 6.09. The molecule has 1 aliphatic heterocycles. The fourth-order valence-electron chi connectivity index (χ4n) is 4.02. The van der Waals surface area contributed by atoms with E-state index in [1.54, 1.807) is 18.2 Å². The van der Waals surface area contributed by atoms with Crippen LogP contribution in [0.15, 0.2) is 58.1 Å². The van der Waals surface area contributed by atoms with E-state index in [1.807, 2.05) is 6.07 Å². The van der Waals surface area contributed by atoms with Gasteiger partial charge in [0.05, 0.1) is 11.0 Å². The van der Waals surface area contributed by atoms with Gasteiger partial charge in [0.15, 0.2) is 0 Å². The molecule has 0 atom stereocenters. The van der Waals surface area contributed by atoms with Crippen LogP contribution in [0.25, 0.3) is 11.0 Å². The molecule has 2 heterocycles. The molecule has 3 N–H and O–H groups in total. The smallest absolute Gasteiger partial charge is 0.314 e. The average Bonchev–Trinajstić information content (AvgIpc) is 2.76. The number of carbonyl (C=O) groups excluding carboxylic acids is 1. The zero-order valence-electron chi connectivity index (χ0n) is 16.8. The van der Waals surface area contributed by atoms with E-state index in [0.717, 1.165) is 38.9 Å². The summed E-state index contributed by atoms with van der Waals surface area (Å²) < 4.78 is 0. The summed E-state index contributed by atoms with van der Waals surface area (Å²) in [5.74, 6) is 0.445. The van der Waals surface area contributed by atoms with Crippen LogP contribution in [0.1, 0.15) is 35.2 Å². The van der Waals surface area contributed by atoms with Crippen molar-refractivity contribution in [1.29, 1.82) is 0 Å². The van der Waals surface area contributed by atoms with Crippen LogP contribution in [0.5, 0.6) is 0 Å². The lowest BCUT2D eigenvalue weighted by Gasteiger charge is -2.32. The summed E-state index contributed by atoms with van der Waals surface area (Å²) in [7, 11) is 0. The topological polar surface area (TPSA) is 98.1 Å². The fourth-order valence-corrected chi connectivity index (χ4v) is 4.02. The molecule has 30 heavy (non-hydrogen) atoms. The van der Waals surface area contributed by atoms with Gasteiger partial charge in [0.25, 0.3) is 5.91 Å². The van der Waals surface area contributed by atoms with Crippen molar-refractivity contribution in [3.05, 3.63) is 80.4 Å². The molecule has 156 valence electrons. The number of hydrogen-bond donors (Lipinski definition) is 3. The number of piperidine rings is 1. The molecule has 1 saturated heterocycles. The maximum absolute atomic E-state index is 12.5. The summed E-state index contributed by atoms with van der Waals surface area (Å²) in [5, 5.41) is 2.97. The summed E-state index contributed by atoms with van der Waals surface area (Å²) in [6.45, 7) is 3.80. The molecule has 1 fully saturated rings. The molecule has 0 bridgehead atoms. The second kappa shape index (κ2) is 9.09. The molecule has 3 aromatic rings. The average molecular weight is 406 g/mol. The number of rotatable bonds is 6. The zero-order chi connectivity index (χ0) is 20.9. The highest BCUT2D eigenvalue weighted by Crippen LogP contribution is 2.21. The number of hydrogen-bond acceptors (Lipinski definition) is 4. The lowest BCUT2D eigenvalue weighted by Crippen LogP contribution is -2.34. The number of H-pyrrole nitrogens is 2. The number of aromatic amines is 2. The number of amides is 1. The summed E-state index contributed by atoms with van der Waals surface area (Å²) in [6.07, 6.45) is 3.25. The molecule has 2 aromatic carbocycles. The Bertz CT molecular complexity index is 1130. The van der Waals surface area contributed by atoms with E-state index >= 15 is 0 Å². The number of aromatic nitrogens is 2. The Morgan fingerprint density at radius 3 is 2.40 bits per heavy atom. The molecule has 0 radical (unpaired) electrons. The number of nitrogens with one attached hydrogen (secondary N) is 3. The first-order valence-corrected chi connectivity index (χ1v) is 10.4. The highest BCUT2D eigenvalue weighted by atomic mass is 16.2. The van der Waals surface area contributed by atoms with Gasteiger partial charge in [0, 0.05) is 18.7 Å². The van der Waals surface area contributed by atoms with Crippen LogP contribution >= 0.6 is 0 Å². The molecule has 7 nitrogen and oxygen atoms in total. The Balaban J connectivity index is 1.24. The number of benzene rings is 2. The number of carbonyl (C=O) groups is 1. The monoisotopic (exact) mass is 406 g/mol. The van der Waals surface area contributed by atoms with Gasteiger partial charge in [-0.2, -0.15) is 0 Å². The molecule has 4 rings (SSSR count). The van der Waals surface area contributed by atoms with Crippen LogP contribution in [0.3, 0.4) is 0 Å². The summed E-state index contributed by atoms with van der Waals surface area (Å²) in [4.78, 5) is 42.8. The Hall–Kier alpha value is -3.19. The largest absolute Gasteiger partial charge is 0.352 e. The highest BCUT2D eigenvalue weighted by Gasteiger charge is 2.19. The zero-order valence-corrected chi connectivity index (χ0v) is 16.8. The normalized spacial score (nSPS) is 15.3. The third-order valence-electron chi connectivity index (χ3n) is 5.78. The third kappa shape index (κ3) is 4.86. The number of fused-ring (bicyclic) bond motifs is 1. The van der Waals surface area contributed by atoms with E-state index in [9.17, 15) is 14.4 Å². The van der Waals surface area contributed by atoms with Crippen molar-refractivity contribution in [2.24, 2.45) is 5.92 Å². The molecule has 7 heteroatoms. The highest BCUT2D eigenvalue weighted by molar-refractivity contribution is 5.97. The lowest BCUT2D eigenvalue weighted by atomic mass is 9.93. The molecular weight excluding hydrogens is 380 g/mol. The van der Waals surface area contributed by atoms with Gasteiger partial charge in [-0.15, -0.1) is 0 Å². The van der Waals surface area contributed by atoms with E-state index < -0.39 is 11.1 Å². The first-order valence-electron chi connectivity index (χ1n) is 10.4. The molecular formula is C23H26N4O3. The van der Waals surface area contributed by atoms with E-state index in [-0.39, 0.29) is 5.91 Å². The van der Waals surface area contributed by atoms with Gasteiger partial charge in [-0.3, -0.25) is 19.3 Å². The first kappa shape index (κ1) is 20.1. The van der Waals surface area contributed by atoms with Gasteiger partial charge in [-0.25, -0.2) is 0 Å². The van der Waals surface area contributed by atoms with Crippen LogP contribution in [-0.4, -0.2) is 40.4 Å². The first-order chi connectivity index (χ1) is 14.6. The van der Waals surface area contributed by atoms with Crippen LogP contribution < -0.4 is 16.4 Å². The Morgan fingerprint density at radius 1 is 0.967 bits per heavy atom. The van der Waals surface area contributed by atoms with E-state index in [1.165, 1.54) is 5.56 Å². The van der Waals surface area contributed by atoms with E-state index in [4.69, 9.17) is 0 Å². The maximum atomic E-state index is 12.5. The van der Waals surface area contributed by atoms with Crippen molar-refractivity contribution >= 4 is 16.9 Å². The van der Waals surface area contributed by atoms with Crippen molar-refractivity contribution in [2.75, 3.05) is 19.6 Å². The van der Waals surface area contributed by atoms with Gasteiger partial charge in [0.1, 0.15) is 0 Å². The second-order valence-corrected chi connectivity index (χ2v) is 7.92. The minimum atomic E-state index is -0.723. The molecule has 0 saturated carbocycles. The Labute approximate surface area is 174 Å². The van der Waals surface area contributed by atoms with Crippen molar-refractivity contribution in [3.63, 3.8) is 0 Å². The second-order valence-electron chi connectivity index (χ2n) is 7.92. The van der Waals surface area contributed by atoms with Crippen molar-refractivity contribution in [3.8, 4) is 0 Å². The van der Waals surface area contributed by atoms with Gasteiger partial charge in [-0.05, 0) is 62.0 Å². The maximum Gasteiger partial charge on any atom is 0.314 e. The lowest BCUT2D eigenvalue weighted by molar-refractivity contribution is 0.0948. The Morgan fingerprint density at radius 2 is 1.67 bits per heavy atom. The van der Waals surface area contributed by atoms with E-state index in [0.29, 0.717) is 29.1 Å². The van der Waals surface area contributed by atoms with Crippen LogP contribution in [0.2, 0.25) is 0 Å².